The van der Waals surface area contributed by atoms with E-state index in [1.54, 1.807) is 6.08 Å². The third-order valence-electron chi connectivity index (χ3n) is 11.7. The summed E-state index contributed by atoms with van der Waals surface area (Å²) in [5.74, 6) is -2.13. The predicted octanol–water partition coefficient (Wildman–Crippen LogP) is 9.92. The van der Waals surface area contributed by atoms with Gasteiger partial charge in [0.1, 0.15) is 6.04 Å². The fourth-order valence-corrected chi connectivity index (χ4v) is 7.95. The minimum absolute atomic E-state index is 0.00546. The monoisotopic (exact) mass is 793 g/mol. The van der Waals surface area contributed by atoms with Crippen LogP contribution in [-0.2, 0) is 17.6 Å². The molecule has 1 aliphatic heterocycles. The van der Waals surface area contributed by atoms with Gasteiger partial charge in [-0.2, -0.15) is 0 Å². The first-order chi connectivity index (χ1) is 26.9. The highest BCUT2D eigenvalue weighted by atomic mass is 19.3. The van der Waals surface area contributed by atoms with Crippen molar-refractivity contribution in [1.29, 1.82) is 0 Å². The van der Waals surface area contributed by atoms with Gasteiger partial charge in [-0.3, -0.25) is 4.79 Å². The highest BCUT2D eigenvalue weighted by Gasteiger charge is 2.43. The minimum atomic E-state index is -2.89. The molecule has 5 N–H and O–H groups in total. The van der Waals surface area contributed by atoms with Gasteiger partial charge in [0.05, 0.1) is 17.9 Å². The zero-order valence-corrected chi connectivity index (χ0v) is 36.9. The first-order valence-corrected chi connectivity index (χ1v) is 21.4. The Balaban J connectivity index is 0.00000362. The van der Waals surface area contributed by atoms with Crippen LogP contribution in [0.5, 0.6) is 0 Å². The van der Waals surface area contributed by atoms with Crippen molar-refractivity contribution in [2.75, 3.05) is 19.6 Å². The molecule has 320 valence electrons. The molecule has 57 heavy (non-hydrogen) atoms. The Bertz CT molecular complexity index is 1490. The summed E-state index contributed by atoms with van der Waals surface area (Å²) >= 11 is 0. The van der Waals surface area contributed by atoms with Crippen LogP contribution in [0.25, 0.3) is 0 Å². The second-order valence-electron chi connectivity index (χ2n) is 16.9. The lowest BCUT2D eigenvalue weighted by Gasteiger charge is -2.40. The van der Waals surface area contributed by atoms with E-state index in [0.717, 1.165) is 75.6 Å². The van der Waals surface area contributed by atoms with Gasteiger partial charge in [0.2, 0.25) is 11.8 Å². The largest absolute Gasteiger partial charge is 0.389 e. The van der Waals surface area contributed by atoms with Gasteiger partial charge < -0.3 is 31.5 Å². The van der Waals surface area contributed by atoms with Crippen molar-refractivity contribution < 1.29 is 13.6 Å². The maximum Gasteiger partial charge on any atom is 0.245 e. The van der Waals surface area contributed by atoms with Gasteiger partial charge in [0.25, 0.3) is 0 Å². The van der Waals surface area contributed by atoms with E-state index in [9.17, 15) is 13.6 Å². The van der Waals surface area contributed by atoms with Crippen LogP contribution in [0.15, 0.2) is 98.3 Å². The normalized spacial score (nSPS) is 18.2. The second kappa shape index (κ2) is 23.4. The van der Waals surface area contributed by atoms with Gasteiger partial charge in [-0.25, -0.2) is 8.78 Å². The quantitative estimate of drug-likeness (QED) is 0.0502. The number of rotatable bonds is 25. The van der Waals surface area contributed by atoms with E-state index in [1.807, 2.05) is 0 Å². The average molecular weight is 793 g/mol. The van der Waals surface area contributed by atoms with E-state index >= 15 is 0 Å². The number of fused-ring (bicyclic) bond motifs is 1. The molecule has 4 unspecified atom stereocenters. The minimum Gasteiger partial charge on any atom is -0.389 e. The Morgan fingerprint density at radius 3 is 2.07 bits per heavy atom. The summed E-state index contributed by atoms with van der Waals surface area (Å²) < 4.78 is 28.3. The summed E-state index contributed by atoms with van der Waals surface area (Å²) in [6, 6.07) is 7.26. The first-order valence-electron chi connectivity index (χ1n) is 21.4. The Morgan fingerprint density at radius 2 is 1.54 bits per heavy atom. The van der Waals surface area contributed by atoms with E-state index in [1.165, 1.54) is 17.5 Å². The highest BCUT2D eigenvalue weighted by molar-refractivity contribution is 5.83. The first kappa shape index (κ1) is 49.1. The van der Waals surface area contributed by atoms with Gasteiger partial charge >= 0.3 is 0 Å². The summed E-state index contributed by atoms with van der Waals surface area (Å²) in [7, 11) is 0. The van der Waals surface area contributed by atoms with E-state index in [0.29, 0.717) is 24.4 Å². The third kappa shape index (κ3) is 15.0. The maximum atomic E-state index is 14.5. The molecule has 7 nitrogen and oxygen atoms in total. The number of amides is 1. The van der Waals surface area contributed by atoms with E-state index in [-0.39, 0.29) is 41.7 Å². The number of likely N-dealkylation sites (tertiary alicyclic amines) is 1. The van der Waals surface area contributed by atoms with Gasteiger partial charge in [-0.1, -0.05) is 118 Å². The number of hydrogen-bond acceptors (Lipinski definition) is 6. The lowest BCUT2D eigenvalue weighted by atomic mass is 9.79. The molecule has 0 aromatic heterocycles. The van der Waals surface area contributed by atoms with Crippen molar-refractivity contribution in [2.24, 2.45) is 17.3 Å². The summed E-state index contributed by atoms with van der Waals surface area (Å²) in [6.45, 7) is 43.5. The summed E-state index contributed by atoms with van der Waals surface area (Å²) in [6.07, 6.45) is 8.66. The molecular formula is C48H78F2N6O. The molecule has 1 amide bonds. The van der Waals surface area contributed by atoms with E-state index < -0.39 is 24.4 Å². The van der Waals surface area contributed by atoms with Crippen molar-refractivity contribution in [2.45, 2.75) is 150 Å². The number of allylic oxidation sites excluding steroid dienone is 1. The third-order valence-corrected chi connectivity index (χ3v) is 11.7. The van der Waals surface area contributed by atoms with Crippen LogP contribution < -0.4 is 26.6 Å². The van der Waals surface area contributed by atoms with Crippen LogP contribution in [0.4, 0.5) is 8.78 Å². The standard InChI is InChI=1S/C45H70F2N6O.C3H8/c1-13-26-49-32(7)31(6)39(23-25-45(12,46)47)52-43(54)42-35(14-2)24-27-53(42)33(8)41(38-28-36-19-17-18-20-37(36)29-38)51-34(9)50-40(44(10,11)15-3)22-21-30(5)48-16-4;1-3-2/h13,17-20,35,38-42,48-51H,1,5-9,14-16,21-29H2,2-4,10-12H3,(H,52,54);3H2,1-2H3/t35-,39?,40?,41?,42?;/m0./s1. The Labute approximate surface area is 346 Å². The molecule has 0 spiro atoms. The number of benzene rings is 1. The fourth-order valence-electron chi connectivity index (χ4n) is 7.95. The number of nitrogens with one attached hydrogen (secondary N) is 5. The van der Waals surface area contributed by atoms with Crippen molar-refractivity contribution >= 4 is 5.91 Å². The maximum absolute atomic E-state index is 14.5. The Kier molecular flexibility index (Phi) is 20.2. The second-order valence-corrected chi connectivity index (χ2v) is 16.9. The summed E-state index contributed by atoms with van der Waals surface area (Å²) in [4.78, 5) is 16.6. The van der Waals surface area contributed by atoms with Crippen molar-refractivity contribution in [1.82, 2.24) is 31.5 Å². The molecule has 1 aliphatic carbocycles. The number of alkyl halides is 2. The molecule has 5 atom stereocenters. The lowest BCUT2D eigenvalue weighted by Crippen LogP contribution is -2.54. The van der Waals surface area contributed by atoms with Gasteiger partial charge in [-0.15, -0.1) is 6.58 Å². The van der Waals surface area contributed by atoms with Gasteiger partial charge in [-0.05, 0) is 92.7 Å². The smallest absolute Gasteiger partial charge is 0.245 e. The predicted molar refractivity (Wildman–Crippen MR) is 239 cm³/mol. The van der Waals surface area contributed by atoms with Crippen LogP contribution in [0.1, 0.15) is 118 Å². The number of nitrogens with zero attached hydrogens (tertiary/aromatic N) is 1. The molecule has 1 aromatic carbocycles. The zero-order valence-electron chi connectivity index (χ0n) is 36.9. The van der Waals surface area contributed by atoms with Crippen molar-refractivity contribution in [3.05, 3.63) is 109 Å². The number of carbonyl (C=O) groups is 1. The molecule has 0 radical (unpaired) electrons. The molecule has 9 heteroatoms. The average Bonchev–Trinajstić information content (AvgIpc) is 3.80. The van der Waals surface area contributed by atoms with Crippen LogP contribution in [0.2, 0.25) is 0 Å². The molecule has 1 heterocycles. The number of halogens is 2. The van der Waals surface area contributed by atoms with Crippen LogP contribution in [-0.4, -0.2) is 60.5 Å². The molecule has 0 saturated carbocycles. The molecule has 1 aromatic rings. The highest BCUT2D eigenvalue weighted by Crippen LogP contribution is 2.37. The van der Waals surface area contributed by atoms with Crippen LogP contribution in [0, 0.1) is 17.3 Å². The molecule has 1 fully saturated rings. The topological polar surface area (TPSA) is 80.5 Å². The van der Waals surface area contributed by atoms with E-state index in [4.69, 9.17) is 6.58 Å². The molecular weight excluding hydrogens is 715 g/mol. The molecule has 3 rings (SSSR count). The Morgan fingerprint density at radius 1 is 0.930 bits per heavy atom. The van der Waals surface area contributed by atoms with Crippen molar-refractivity contribution in [3.63, 3.8) is 0 Å². The van der Waals surface area contributed by atoms with Gasteiger partial charge in [0.15, 0.2) is 0 Å². The molecule has 2 aliphatic rings. The molecule has 0 bridgehead atoms. The van der Waals surface area contributed by atoms with Crippen molar-refractivity contribution in [3.8, 4) is 0 Å². The number of hydrogen-bond donors (Lipinski definition) is 5. The van der Waals surface area contributed by atoms with Gasteiger partial charge in [0, 0.05) is 49.2 Å². The SMILES string of the molecule is C=CCNC(=C)C(=C)C(CCC(C)(F)F)NC(=O)C1[C@@H](CC)CCN1C(=C)C(NC(=C)NC(CCC(=C)NCC)C(C)(C)CC)C1Cc2ccccc2C1.CCC. The van der Waals surface area contributed by atoms with Crippen LogP contribution >= 0.6 is 0 Å². The lowest BCUT2D eigenvalue weighted by molar-refractivity contribution is -0.126. The number of carbonyl (C=O) groups excluding carboxylic acids is 1. The zero-order chi connectivity index (χ0) is 42.9. The summed E-state index contributed by atoms with van der Waals surface area (Å²) in [5.41, 5.74) is 5.49. The summed E-state index contributed by atoms with van der Waals surface area (Å²) in [5, 5.41) is 17.2. The molecule has 1 saturated heterocycles. The fraction of sp³-hybridized carbons (Fsp3) is 0.604. The Hall–Kier alpha value is -4.01. The van der Waals surface area contributed by atoms with Crippen LogP contribution in [0.3, 0.4) is 0 Å². The van der Waals surface area contributed by atoms with E-state index in [2.05, 4.69) is 137 Å².